The number of halogens is 1. The summed E-state index contributed by atoms with van der Waals surface area (Å²) in [4.78, 5) is 0. The Labute approximate surface area is 131 Å². The van der Waals surface area contributed by atoms with Crippen LogP contribution in [0.5, 0.6) is 0 Å². The highest BCUT2D eigenvalue weighted by Gasteiger charge is 2.16. The molecule has 21 heavy (non-hydrogen) atoms. The summed E-state index contributed by atoms with van der Waals surface area (Å²) in [6.07, 6.45) is 1.44. The maximum atomic E-state index is 10.5. The van der Waals surface area contributed by atoms with Crippen LogP contribution in [0.25, 0.3) is 5.69 Å². The van der Waals surface area contributed by atoms with Gasteiger partial charge in [-0.2, -0.15) is 0 Å². The average molecular weight is 344 g/mol. The Morgan fingerprint density at radius 1 is 1.05 bits per heavy atom. The van der Waals surface area contributed by atoms with Crippen molar-refractivity contribution >= 4 is 15.9 Å². The summed E-state index contributed by atoms with van der Waals surface area (Å²) >= 11 is 3.50. The molecule has 5 heteroatoms. The second-order valence-electron chi connectivity index (χ2n) is 4.72. The van der Waals surface area contributed by atoms with Gasteiger partial charge in [-0.25, -0.2) is 4.68 Å². The van der Waals surface area contributed by atoms with Crippen molar-refractivity contribution in [2.45, 2.75) is 12.5 Å². The molecule has 0 aliphatic heterocycles. The summed E-state index contributed by atoms with van der Waals surface area (Å²) in [5, 5.41) is 18.5. The van der Waals surface area contributed by atoms with Crippen LogP contribution in [0.4, 0.5) is 0 Å². The number of rotatable bonds is 4. The molecule has 1 unspecified atom stereocenters. The highest BCUT2D eigenvalue weighted by molar-refractivity contribution is 9.10. The van der Waals surface area contributed by atoms with Crippen LogP contribution in [0.2, 0.25) is 0 Å². The van der Waals surface area contributed by atoms with Crippen molar-refractivity contribution in [1.29, 1.82) is 0 Å². The molecule has 0 aliphatic carbocycles. The molecule has 0 spiro atoms. The number of aromatic nitrogens is 3. The van der Waals surface area contributed by atoms with Gasteiger partial charge in [0.05, 0.1) is 17.6 Å². The van der Waals surface area contributed by atoms with E-state index < -0.39 is 6.10 Å². The highest BCUT2D eigenvalue weighted by Crippen LogP contribution is 2.24. The molecule has 1 heterocycles. The molecule has 1 atom stereocenters. The topological polar surface area (TPSA) is 50.9 Å². The molecule has 0 saturated heterocycles. The first-order chi connectivity index (χ1) is 10.3. The molecule has 3 rings (SSSR count). The standard InChI is InChI=1S/C16H14BrN3O/c17-14-9-5-4-6-12(14)10-16(21)15-11-18-19-20(15)13-7-2-1-3-8-13/h1-9,11,16,21H,10H2. The Kier molecular flexibility index (Phi) is 4.13. The summed E-state index contributed by atoms with van der Waals surface area (Å²) in [6.45, 7) is 0. The van der Waals surface area contributed by atoms with Gasteiger partial charge < -0.3 is 5.11 Å². The van der Waals surface area contributed by atoms with Crippen LogP contribution in [-0.4, -0.2) is 20.1 Å². The Morgan fingerprint density at radius 3 is 2.52 bits per heavy atom. The van der Waals surface area contributed by atoms with E-state index in [2.05, 4.69) is 26.2 Å². The quantitative estimate of drug-likeness (QED) is 0.790. The van der Waals surface area contributed by atoms with Gasteiger partial charge in [0.1, 0.15) is 6.10 Å². The largest absolute Gasteiger partial charge is 0.386 e. The number of nitrogens with zero attached hydrogens (tertiary/aromatic N) is 3. The predicted molar refractivity (Wildman–Crippen MR) is 84.2 cm³/mol. The molecule has 0 aliphatic rings. The van der Waals surface area contributed by atoms with Crippen molar-refractivity contribution < 1.29 is 5.11 Å². The minimum Gasteiger partial charge on any atom is -0.386 e. The van der Waals surface area contributed by atoms with Crippen molar-refractivity contribution in [3.63, 3.8) is 0 Å². The van der Waals surface area contributed by atoms with Gasteiger partial charge in [-0.15, -0.1) is 5.10 Å². The van der Waals surface area contributed by atoms with E-state index >= 15 is 0 Å². The smallest absolute Gasteiger partial charge is 0.102 e. The van der Waals surface area contributed by atoms with Gasteiger partial charge in [-0.3, -0.25) is 0 Å². The van der Waals surface area contributed by atoms with Gasteiger partial charge in [-0.05, 0) is 23.8 Å². The molecule has 2 aromatic carbocycles. The number of aliphatic hydroxyl groups is 1. The minimum absolute atomic E-state index is 0.502. The zero-order valence-electron chi connectivity index (χ0n) is 11.2. The van der Waals surface area contributed by atoms with Crippen molar-refractivity contribution in [3.8, 4) is 5.69 Å². The van der Waals surface area contributed by atoms with Crippen molar-refractivity contribution in [2.24, 2.45) is 0 Å². The van der Waals surface area contributed by atoms with Crippen molar-refractivity contribution in [3.05, 3.63) is 76.5 Å². The summed E-state index contributed by atoms with van der Waals surface area (Å²) in [5.74, 6) is 0. The molecule has 0 fully saturated rings. The van der Waals surface area contributed by atoms with E-state index in [0.717, 1.165) is 15.7 Å². The maximum absolute atomic E-state index is 10.5. The SMILES string of the molecule is OC(Cc1ccccc1Br)c1cnnn1-c1ccccc1. The molecule has 4 nitrogen and oxygen atoms in total. The zero-order valence-corrected chi connectivity index (χ0v) is 12.8. The lowest BCUT2D eigenvalue weighted by molar-refractivity contribution is 0.170. The second kappa shape index (κ2) is 6.20. The Bertz CT molecular complexity index is 727. The molecule has 0 amide bonds. The number of para-hydroxylation sites is 1. The monoisotopic (exact) mass is 343 g/mol. The van der Waals surface area contributed by atoms with Crippen LogP contribution in [0.3, 0.4) is 0 Å². The van der Waals surface area contributed by atoms with E-state index in [0.29, 0.717) is 12.1 Å². The molecule has 0 saturated carbocycles. The summed E-state index contributed by atoms with van der Waals surface area (Å²) < 4.78 is 2.66. The first kappa shape index (κ1) is 14.0. The van der Waals surface area contributed by atoms with Crippen LogP contribution in [0, 0.1) is 0 Å². The second-order valence-corrected chi connectivity index (χ2v) is 5.57. The van der Waals surface area contributed by atoms with Gasteiger partial charge in [-0.1, -0.05) is 57.5 Å². The lowest BCUT2D eigenvalue weighted by Gasteiger charge is -2.13. The molecule has 1 N–H and O–H groups in total. The third kappa shape index (κ3) is 3.04. The minimum atomic E-state index is -0.668. The van der Waals surface area contributed by atoms with Crippen LogP contribution < -0.4 is 0 Å². The van der Waals surface area contributed by atoms with Gasteiger partial charge >= 0.3 is 0 Å². The fraction of sp³-hybridized carbons (Fsp3) is 0.125. The summed E-state index contributed by atoms with van der Waals surface area (Å²) in [6, 6.07) is 17.5. The van der Waals surface area contributed by atoms with E-state index in [1.54, 1.807) is 10.9 Å². The lowest BCUT2D eigenvalue weighted by Crippen LogP contribution is -2.10. The van der Waals surface area contributed by atoms with Crippen molar-refractivity contribution in [1.82, 2.24) is 15.0 Å². The van der Waals surface area contributed by atoms with Crippen LogP contribution >= 0.6 is 15.9 Å². The fourth-order valence-electron chi connectivity index (χ4n) is 2.22. The van der Waals surface area contributed by atoms with Gasteiger partial charge in [0, 0.05) is 10.9 Å². The zero-order chi connectivity index (χ0) is 14.7. The number of hydrogen-bond acceptors (Lipinski definition) is 3. The normalized spacial score (nSPS) is 12.3. The van der Waals surface area contributed by atoms with Gasteiger partial charge in [0.25, 0.3) is 0 Å². The van der Waals surface area contributed by atoms with E-state index in [-0.39, 0.29) is 0 Å². The third-order valence-corrected chi connectivity index (χ3v) is 4.06. The van der Waals surface area contributed by atoms with Crippen LogP contribution in [0.15, 0.2) is 65.3 Å². The maximum Gasteiger partial charge on any atom is 0.102 e. The molecule has 1 aromatic heterocycles. The van der Waals surface area contributed by atoms with E-state index in [4.69, 9.17) is 0 Å². The first-order valence-electron chi connectivity index (χ1n) is 6.63. The third-order valence-electron chi connectivity index (χ3n) is 3.29. The number of aliphatic hydroxyl groups excluding tert-OH is 1. The highest BCUT2D eigenvalue weighted by atomic mass is 79.9. The molecule has 0 radical (unpaired) electrons. The van der Waals surface area contributed by atoms with E-state index in [1.807, 2.05) is 54.6 Å². The molecule has 3 aromatic rings. The van der Waals surface area contributed by atoms with Crippen LogP contribution in [0.1, 0.15) is 17.4 Å². The Balaban J connectivity index is 1.88. The number of hydrogen-bond donors (Lipinski definition) is 1. The first-order valence-corrected chi connectivity index (χ1v) is 7.42. The van der Waals surface area contributed by atoms with Gasteiger partial charge in [0.15, 0.2) is 0 Å². The van der Waals surface area contributed by atoms with Crippen LogP contribution in [-0.2, 0) is 6.42 Å². The van der Waals surface area contributed by atoms with Crippen molar-refractivity contribution in [2.75, 3.05) is 0 Å². The Hall–Kier alpha value is -1.98. The molecule has 106 valence electrons. The van der Waals surface area contributed by atoms with E-state index in [9.17, 15) is 5.11 Å². The predicted octanol–water partition coefficient (Wildman–Crippen LogP) is 3.31. The number of benzene rings is 2. The average Bonchev–Trinajstić information content (AvgIpc) is 3.00. The summed E-state index contributed by atoms with van der Waals surface area (Å²) in [5.41, 5.74) is 2.61. The molecular formula is C16H14BrN3O. The Morgan fingerprint density at radius 2 is 1.76 bits per heavy atom. The lowest BCUT2D eigenvalue weighted by atomic mass is 10.1. The fourth-order valence-corrected chi connectivity index (χ4v) is 2.66. The molecule has 0 bridgehead atoms. The molecular weight excluding hydrogens is 330 g/mol. The summed E-state index contributed by atoms with van der Waals surface area (Å²) in [7, 11) is 0. The van der Waals surface area contributed by atoms with E-state index in [1.165, 1.54) is 0 Å². The van der Waals surface area contributed by atoms with Gasteiger partial charge in [0.2, 0.25) is 0 Å².